The molecule has 0 aliphatic heterocycles. The number of carboxylic acids is 2. The van der Waals surface area contributed by atoms with Crippen LogP contribution in [0.2, 0.25) is 0 Å². The molecule has 0 radical (unpaired) electrons. The number of aliphatic hydroxyl groups excluding tert-OH is 4. The minimum atomic E-state index is -1.11. The second-order valence-corrected chi connectivity index (χ2v) is 4.13. The van der Waals surface area contributed by atoms with Gasteiger partial charge in [-0.1, -0.05) is 0 Å². The molecule has 0 unspecified atom stereocenters. The third-order valence-electron chi connectivity index (χ3n) is 2.37. The Bertz CT molecular complexity index is 216. The quantitative estimate of drug-likeness (QED) is 0.284. The van der Waals surface area contributed by atoms with Crippen LogP contribution in [0.4, 0.5) is 0 Å². The van der Waals surface area contributed by atoms with Gasteiger partial charge in [-0.15, -0.1) is 0 Å². The maximum absolute atomic E-state index is 9.90. The molecule has 0 fully saturated rings. The van der Waals surface area contributed by atoms with Gasteiger partial charge in [0.15, 0.2) is 0 Å². The number of hydrogen-bond acceptors (Lipinski definition) is 6. The van der Waals surface area contributed by atoms with Crippen LogP contribution in [0.15, 0.2) is 0 Å². The van der Waals surface area contributed by atoms with Crippen LogP contribution in [0, 0.1) is 5.41 Å². The lowest BCUT2D eigenvalue weighted by atomic mass is 9.93. The number of aliphatic carboxylic acids is 2. The molecule has 8 heteroatoms. The molecule has 0 aromatic rings. The summed E-state index contributed by atoms with van der Waals surface area (Å²) in [6.07, 6.45) is 1.02. The Morgan fingerprint density at radius 2 is 0.947 bits per heavy atom. The molecule has 0 spiro atoms. The maximum Gasteiger partial charge on any atom is 0.303 e. The van der Waals surface area contributed by atoms with Crippen molar-refractivity contribution in [3.05, 3.63) is 0 Å². The van der Waals surface area contributed by atoms with Crippen molar-refractivity contribution >= 4 is 11.9 Å². The van der Waals surface area contributed by atoms with Crippen LogP contribution in [-0.4, -0.2) is 69.0 Å². The van der Waals surface area contributed by atoms with Crippen LogP contribution in [0.1, 0.15) is 25.7 Å². The van der Waals surface area contributed by atoms with E-state index in [1.165, 1.54) is 0 Å². The number of carboxylic acid groups (broad SMARTS) is 2. The van der Waals surface area contributed by atoms with E-state index >= 15 is 0 Å². The van der Waals surface area contributed by atoms with Crippen molar-refractivity contribution in [2.45, 2.75) is 25.7 Å². The van der Waals surface area contributed by atoms with Gasteiger partial charge in [0.05, 0.1) is 31.8 Å². The van der Waals surface area contributed by atoms with Gasteiger partial charge in [0.1, 0.15) is 0 Å². The largest absolute Gasteiger partial charge is 0.481 e. The first kappa shape index (κ1) is 20.1. The van der Waals surface area contributed by atoms with E-state index in [9.17, 15) is 9.59 Å². The highest BCUT2D eigenvalue weighted by molar-refractivity contribution is 5.67. The van der Waals surface area contributed by atoms with Gasteiger partial charge in [0, 0.05) is 12.8 Å². The third-order valence-corrected chi connectivity index (χ3v) is 2.37. The lowest BCUT2D eigenvalue weighted by molar-refractivity contribution is -0.139. The number of carbonyl (C=O) groups is 2. The molecular weight excluding hydrogens is 260 g/mol. The molecule has 0 amide bonds. The lowest BCUT2D eigenvalue weighted by Gasteiger charge is -2.23. The van der Waals surface area contributed by atoms with E-state index in [1.807, 2.05) is 0 Å². The van der Waals surface area contributed by atoms with Crippen LogP contribution in [-0.2, 0) is 9.59 Å². The first-order valence-corrected chi connectivity index (χ1v) is 5.74. The second-order valence-electron chi connectivity index (χ2n) is 4.13. The Morgan fingerprint density at radius 3 is 1.05 bits per heavy atom. The molecule has 0 aliphatic rings. The van der Waals surface area contributed by atoms with Crippen LogP contribution < -0.4 is 0 Å². The van der Waals surface area contributed by atoms with Gasteiger partial charge in [0.2, 0.25) is 0 Å². The summed E-state index contributed by atoms with van der Waals surface area (Å²) in [5, 5.41) is 50.2. The lowest BCUT2D eigenvalue weighted by Crippen LogP contribution is -2.37. The molecule has 0 saturated carbocycles. The Morgan fingerprint density at radius 1 is 0.684 bits per heavy atom. The van der Waals surface area contributed by atoms with Gasteiger partial charge in [-0.25, -0.2) is 0 Å². The van der Waals surface area contributed by atoms with E-state index in [1.54, 1.807) is 0 Å². The van der Waals surface area contributed by atoms with Crippen molar-refractivity contribution in [1.29, 1.82) is 0 Å². The molecule has 0 rings (SSSR count). The fourth-order valence-electron chi connectivity index (χ4n) is 0.852. The predicted molar refractivity (Wildman–Crippen MR) is 64.5 cm³/mol. The topological polar surface area (TPSA) is 156 Å². The summed E-state index contributed by atoms with van der Waals surface area (Å²) in [6, 6.07) is 0. The average Bonchev–Trinajstić information content (AvgIpc) is 2.38. The summed E-state index contributed by atoms with van der Waals surface area (Å²) in [7, 11) is 0. The van der Waals surface area contributed by atoms with Crippen LogP contribution in [0.25, 0.3) is 0 Å². The SMILES string of the molecule is O=C(O)CCCCC(=O)O.OCC(CO)(CO)CO. The minimum absolute atomic E-state index is 0.0628. The summed E-state index contributed by atoms with van der Waals surface area (Å²) in [4.78, 5) is 19.8. The normalized spacial score (nSPS) is 10.5. The number of unbranched alkanes of at least 4 members (excludes halogenated alkanes) is 1. The van der Waals surface area contributed by atoms with E-state index in [4.69, 9.17) is 30.6 Å². The van der Waals surface area contributed by atoms with Gasteiger partial charge >= 0.3 is 11.9 Å². The Labute approximate surface area is 110 Å². The molecule has 0 aliphatic carbocycles. The van der Waals surface area contributed by atoms with Crippen LogP contribution >= 0.6 is 0 Å². The number of rotatable bonds is 9. The summed E-state index contributed by atoms with van der Waals surface area (Å²) < 4.78 is 0. The van der Waals surface area contributed by atoms with Crippen molar-refractivity contribution in [1.82, 2.24) is 0 Å². The first-order chi connectivity index (χ1) is 8.87. The van der Waals surface area contributed by atoms with E-state index in [2.05, 4.69) is 0 Å². The number of hydrogen-bond donors (Lipinski definition) is 6. The van der Waals surface area contributed by atoms with Crippen molar-refractivity contribution in [3.63, 3.8) is 0 Å². The molecule has 8 nitrogen and oxygen atoms in total. The van der Waals surface area contributed by atoms with E-state index in [-0.39, 0.29) is 12.8 Å². The zero-order chi connectivity index (χ0) is 15.3. The average molecular weight is 282 g/mol. The van der Waals surface area contributed by atoms with E-state index in [0.717, 1.165) is 0 Å². The highest BCUT2D eigenvalue weighted by Crippen LogP contribution is 2.11. The number of aliphatic hydroxyl groups is 4. The third kappa shape index (κ3) is 11.6. The Kier molecular flexibility index (Phi) is 12.5. The highest BCUT2D eigenvalue weighted by Gasteiger charge is 2.26. The van der Waals surface area contributed by atoms with Gasteiger partial charge in [-0.2, -0.15) is 0 Å². The predicted octanol–water partition coefficient (Wildman–Crippen LogP) is -1.34. The van der Waals surface area contributed by atoms with Crippen molar-refractivity contribution in [2.75, 3.05) is 26.4 Å². The minimum Gasteiger partial charge on any atom is -0.481 e. The smallest absolute Gasteiger partial charge is 0.303 e. The molecule has 0 aromatic carbocycles. The van der Waals surface area contributed by atoms with Gasteiger partial charge in [0.25, 0.3) is 0 Å². The maximum atomic E-state index is 9.90. The molecule has 0 bridgehead atoms. The fraction of sp³-hybridized carbons (Fsp3) is 0.818. The molecular formula is C11H22O8. The van der Waals surface area contributed by atoms with Crippen molar-refractivity contribution < 1.29 is 40.2 Å². The molecule has 6 N–H and O–H groups in total. The molecule has 0 saturated heterocycles. The highest BCUT2D eigenvalue weighted by atomic mass is 16.4. The van der Waals surface area contributed by atoms with E-state index in [0.29, 0.717) is 12.8 Å². The van der Waals surface area contributed by atoms with Gasteiger partial charge in [-0.05, 0) is 12.8 Å². The Hall–Kier alpha value is -1.22. The Balaban J connectivity index is 0. The molecule has 0 heterocycles. The molecule has 0 aromatic heterocycles. The molecule has 0 atom stereocenters. The molecule has 19 heavy (non-hydrogen) atoms. The van der Waals surface area contributed by atoms with Gasteiger partial charge < -0.3 is 30.6 Å². The summed E-state index contributed by atoms with van der Waals surface area (Å²) in [5.41, 5.74) is -1.11. The fourth-order valence-corrected chi connectivity index (χ4v) is 0.852. The zero-order valence-electron chi connectivity index (χ0n) is 10.7. The van der Waals surface area contributed by atoms with Crippen molar-refractivity contribution in [3.8, 4) is 0 Å². The zero-order valence-corrected chi connectivity index (χ0v) is 10.7. The summed E-state index contributed by atoms with van der Waals surface area (Å²) in [5.74, 6) is -1.74. The molecule has 114 valence electrons. The second kappa shape index (κ2) is 11.8. The summed E-state index contributed by atoms with van der Waals surface area (Å²) >= 11 is 0. The van der Waals surface area contributed by atoms with Crippen LogP contribution in [0.5, 0.6) is 0 Å². The first-order valence-electron chi connectivity index (χ1n) is 5.74. The van der Waals surface area contributed by atoms with Gasteiger partial charge in [-0.3, -0.25) is 9.59 Å². The van der Waals surface area contributed by atoms with Crippen LogP contribution in [0.3, 0.4) is 0 Å². The monoisotopic (exact) mass is 282 g/mol. The summed E-state index contributed by atoms with van der Waals surface area (Å²) in [6.45, 7) is -1.62. The van der Waals surface area contributed by atoms with E-state index < -0.39 is 43.8 Å². The standard InChI is InChI=1S/C6H10O4.C5H12O4/c7-5(8)3-1-2-4-6(9)10;6-1-5(2-7,3-8)4-9/h1-4H2,(H,7,8)(H,9,10);6-9H,1-4H2. The van der Waals surface area contributed by atoms with Crippen molar-refractivity contribution in [2.24, 2.45) is 5.41 Å².